The Morgan fingerprint density at radius 1 is 1.38 bits per heavy atom. The molecule has 3 heterocycles. The fraction of sp³-hybridized carbons (Fsp3) is 0.600. The molecule has 2 aromatic heterocycles. The van der Waals surface area contributed by atoms with Crippen LogP contribution in [0, 0.1) is 0 Å². The predicted octanol–water partition coefficient (Wildman–Crippen LogP) is 3.44. The monoisotopic (exact) mass is 307 g/mol. The van der Waals surface area contributed by atoms with Gasteiger partial charge in [0.2, 0.25) is 5.89 Å². The second-order valence-corrected chi connectivity index (χ2v) is 6.86. The van der Waals surface area contributed by atoms with Crippen molar-refractivity contribution in [3.05, 3.63) is 24.3 Å². The van der Waals surface area contributed by atoms with Crippen molar-refractivity contribution in [1.29, 1.82) is 0 Å². The highest BCUT2D eigenvalue weighted by molar-refractivity contribution is 7.99. The standard InChI is InChI=1S/C15H21N3O2S/c1-2-21-12-6-3-4-8-18(10-12)11-14-16-17-15(20-14)13-7-5-9-19-13/h5,7,9,12H,2-4,6,8,10-11H2,1H3. The molecule has 0 radical (unpaired) electrons. The quantitative estimate of drug-likeness (QED) is 0.843. The second kappa shape index (κ2) is 7.13. The number of thioether (sulfide) groups is 1. The molecule has 3 rings (SSSR count). The van der Waals surface area contributed by atoms with Crippen LogP contribution in [0.25, 0.3) is 11.7 Å². The van der Waals surface area contributed by atoms with Gasteiger partial charge in [0.25, 0.3) is 5.89 Å². The Kier molecular flexibility index (Phi) is 4.98. The first kappa shape index (κ1) is 14.7. The molecule has 1 unspecified atom stereocenters. The number of nitrogens with zero attached hydrogens (tertiary/aromatic N) is 3. The Morgan fingerprint density at radius 3 is 3.14 bits per heavy atom. The highest BCUT2D eigenvalue weighted by Gasteiger charge is 2.20. The number of aromatic nitrogens is 2. The topological polar surface area (TPSA) is 55.3 Å². The lowest BCUT2D eigenvalue weighted by Crippen LogP contribution is -2.29. The molecule has 0 saturated carbocycles. The summed E-state index contributed by atoms with van der Waals surface area (Å²) in [4.78, 5) is 2.43. The zero-order valence-electron chi connectivity index (χ0n) is 12.3. The summed E-state index contributed by atoms with van der Waals surface area (Å²) in [7, 11) is 0. The van der Waals surface area contributed by atoms with Crippen LogP contribution in [0.2, 0.25) is 0 Å². The molecule has 114 valence electrons. The van der Waals surface area contributed by atoms with Gasteiger partial charge in [-0.05, 0) is 37.3 Å². The molecule has 1 fully saturated rings. The van der Waals surface area contributed by atoms with E-state index in [-0.39, 0.29) is 0 Å². The van der Waals surface area contributed by atoms with Crippen molar-refractivity contribution in [3.8, 4) is 11.7 Å². The normalized spacial score (nSPS) is 20.5. The lowest BCUT2D eigenvalue weighted by molar-refractivity contribution is 0.251. The third-order valence-electron chi connectivity index (χ3n) is 3.67. The molecule has 0 spiro atoms. The molecule has 0 bridgehead atoms. The summed E-state index contributed by atoms with van der Waals surface area (Å²) >= 11 is 2.06. The van der Waals surface area contributed by atoms with Gasteiger partial charge < -0.3 is 8.83 Å². The summed E-state index contributed by atoms with van der Waals surface area (Å²) < 4.78 is 11.0. The van der Waals surface area contributed by atoms with Crippen LogP contribution < -0.4 is 0 Å². The summed E-state index contributed by atoms with van der Waals surface area (Å²) in [6, 6.07) is 3.65. The van der Waals surface area contributed by atoms with Crippen molar-refractivity contribution in [3.63, 3.8) is 0 Å². The van der Waals surface area contributed by atoms with Crippen LogP contribution in [0.15, 0.2) is 27.2 Å². The van der Waals surface area contributed by atoms with Crippen LogP contribution in [-0.4, -0.2) is 39.2 Å². The minimum atomic E-state index is 0.462. The van der Waals surface area contributed by atoms with E-state index in [4.69, 9.17) is 8.83 Å². The number of hydrogen-bond acceptors (Lipinski definition) is 6. The first-order valence-corrected chi connectivity index (χ1v) is 8.60. The molecule has 1 saturated heterocycles. The van der Waals surface area contributed by atoms with E-state index < -0.39 is 0 Å². The predicted molar refractivity (Wildman–Crippen MR) is 83.0 cm³/mol. The lowest BCUT2D eigenvalue weighted by atomic mass is 10.2. The van der Waals surface area contributed by atoms with Gasteiger partial charge in [0.15, 0.2) is 5.76 Å². The van der Waals surface area contributed by atoms with Gasteiger partial charge in [0.05, 0.1) is 12.8 Å². The smallest absolute Gasteiger partial charge is 0.283 e. The van der Waals surface area contributed by atoms with Gasteiger partial charge in [-0.3, -0.25) is 4.90 Å². The van der Waals surface area contributed by atoms with E-state index in [1.807, 2.05) is 12.1 Å². The average molecular weight is 307 g/mol. The molecule has 0 N–H and O–H groups in total. The van der Waals surface area contributed by atoms with E-state index in [0.29, 0.717) is 17.5 Å². The Hall–Kier alpha value is -1.27. The fourth-order valence-electron chi connectivity index (χ4n) is 2.70. The van der Waals surface area contributed by atoms with Gasteiger partial charge >= 0.3 is 0 Å². The van der Waals surface area contributed by atoms with Crippen LogP contribution >= 0.6 is 11.8 Å². The number of likely N-dealkylation sites (tertiary alicyclic amines) is 1. The van der Waals surface area contributed by atoms with Crippen molar-refractivity contribution in [2.45, 2.75) is 38.0 Å². The van der Waals surface area contributed by atoms with Crippen LogP contribution in [0.4, 0.5) is 0 Å². The summed E-state index contributed by atoms with van der Waals surface area (Å²) in [5, 5.41) is 8.93. The van der Waals surface area contributed by atoms with Crippen molar-refractivity contribution >= 4 is 11.8 Å². The Morgan fingerprint density at radius 2 is 2.33 bits per heavy atom. The fourth-order valence-corrected chi connectivity index (χ4v) is 3.82. The molecule has 0 amide bonds. The first-order valence-electron chi connectivity index (χ1n) is 7.55. The molecular formula is C15H21N3O2S. The molecule has 5 nitrogen and oxygen atoms in total. The Balaban J connectivity index is 1.62. The Bertz CT molecular complexity index is 541. The zero-order valence-corrected chi connectivity index (χ0v) is 13.1. The number of hydrogen-bond donors (Lipinski definition) is 0. The lowest BCUT2D eigenvalue weighted by Gasteiger charge is -2.22. The van der Waals surface area contributed by atoms with Crippen LogP contribution in [0.3, 0.4) is 0 Å². The van der Waals surface area contributed by atoms with Crippen LogP contribution in [0.1, 0.15) is 32.1 Å². The highest BCUT2D eigenvalue weighted by Crippen LogP contribution is 2.24. The Labute approximate surface area is 129 Å². The van der Waals surface area contributed by atoms with E-state index in [1.54, 1.807) is 6.26 Å². The van der Waals surface area contributed by atoms with Crippen molar-refractivity contribution in [1.82, 2.24) is 15.1 Å². The third-order valence-corrected chi connectivity index (χ3v) is 4.86. The second-order valence-electron chi connectivity index (χ2n) is 5.29. The van der Waals surface area contributed by atoms with Gasteiger partial charge in [0.1, 0.15) is 0 Å². The maximum absolute atomic E-state index is 5.70. The van der Waals surface area contributed by atoms with Crippen molar-refractivity contribution in [2.24, 2.45) is 0 Å². The maximum atomic E-state index is 5.70. The van der Waals surface area contributed by atoms with Gasteiger partial charge in [0, 0.05) is 11.8 Å². The van der Waals surface area contributed by atoms with E-state index in [1.165, 1.54) is 25.0 Å². The summed E-state index contributed by atoms with van der Waals surface area (Å²) in [6.07, 6.45) is 5.49. The van der Waals surface area contributed by atoms with Crippen molar-refractivity contribution < 1.29 is 8.83 Å². The maximum Gasteiger partial charge on any atom is 0.283 e. The molecule has 0 aliphatic carbocycles. The summed E-state index contributed by atoms with van der Waals surface area (Å²) in [5.41, 5.74) is 0. The third kappa shape index (κ3) is 3.89. The average Bonchev–Trinajstić information content (AvgIpc) is 3.10. The number of furan rings is 1. The van der Waals surface area contributed by atoms with Crippen LogP contribution in [0.5, 0.6) is 0 Å². The van der Waals surface area contributed by atoms with Gasteiger partial charge in [-0.15, -0.1) is 10.2 Å². The minimum Gasteiger partial charge on any atom is -0.459 e. The van der Waals surface area contributed by atoms with Gasteiger partial charge in [-0.25, -0.2) is 0 Å². The SMILES string of the molecule is CCSC1CCCCN(Cc2nnc(-c3ccco3)o2)C1. The van der Waals surface area contributed by atoms with Gasteiger partial charge in [-0.2, -0.15) is 11.8 Å². The molecule has 2 aromatic rings. The molecule has 1 atom stereocenters. The highest BCUT2D eigenvalue weighted by atomic mass is 32.2. The molecule has 1 aliphatic rings. The first-order chi connectivity index (χ1) is 10.3. The largest absolute Gasteiger partial charge is 0.459 e. The summed E-state index contributed by atoms with van der Waals surface area (Å²) in [6.45, 7) is 5.18. The zero-order chi connectivity index (χ0) is 14.5. The number of rotatable bonds is 5. The molecule has 6 heteroatoms. The van der Waals surface area contributed by atoms with E-state index in [0.717, 1.165) is 24.9 Å². The summed E-state index contributed by atoms with van der Waals surface area (Å²) in [5.74, 6) is 2.94. The van der Waals surface area contributed by atoms with Crippen LogP contribution in [-0.2, 0) is 6.54 Å². The molecule has 1 aliphatic heterocycles. The molecule has 0 aromatic carbocycles. The molecular weight excluding hydrogens is 286 g/mol. The van der Waals surface area contributed by atoms with Gasteiger partial charge in [-0.1, -0.05) is 13.3 Å². The minimum absolute atomic E-state index is 0.462. The molecule has 21 heavy (non-hydrogen) atoms. The van der Waals surface area contributed by atoms with E-state index in [2.05, 4.69) is 33.8 Å². The van der Waals surface area contributed by atoms with E-state index in [9.17, 15) is 0 Å². The van der Waals surface area contributed by atoms with Crippen molar-refractivity contribution in [2.75, 3.05) is 18.8 Å². The van der Waals surface area contributed by atoms with E-state index >= 15 is 0 Å².